The Kier molecular flexibility index (Phi) is 2.80. The van der Waals surface area contributed by atoms with Crippen molar-refractivity contribution < 1.29 is 0 Å². The van der Waals surface area contributed by atoms with E-state index in [0.29, 0.717) is 0 Å². The van der Waals surface area contributed by atoms with Crippen LogP contribution in [0.4, 0.5) is 0 Å². The van der Waals surface area contributed by atoms with Gasteiger partial charge < -0.3 is 0 Å². The van der Waals surface area contributed by atoms with E-state index in [1.807, 2.05) is 30.3 Å². The van der Waals surface area contributed by atoms with Crippen LogP contribution >= 0.6 is 11.8 Å². The molecular weight excluding hydrogens is 230 g/mol. The van der Waals surface area contributed by atoms with E-state index in [1.54, 1.807) is 24.2 Å². The molecule has 1 aliphatic rings. The maximum atomic E-state index is 4.37. The van der Waals surface area contributed by atoms with Gasteiger partial charge >= 0.3 is 0 Å². The summed E-state index contributed by atoms with van der Waals surface area (Å²) in [5, 5.41) is 5.60. The first kappa shape index (κ1) is 10.4. The van der Waals surface area contributed by atoms with Crippen molar-refractivity contribution in [2.75, 3.05) is 0 Å². The lowest BCUT2D eigenvalue weighted by molar-refractivity contribution is 0.742. The summed E-state index contributed by atoms with van der Waals surface area (Å²) in [5.41, 5.74) is 5.49. The van der Waals surface area contributed by atoms with Crippen molar-refractivity contribution >= 4 is 16.8 Å². The minimum atomic E-state index is 0.188. The van der Waals surface area contributed by atoms with Crippen LogP contribution in [0.5, 0.6) is 0 Å². The number of hydrazone groups is 1. The van der Waals surface area contributed by atoms with Crippen LogP contribution in [0.1, 0.15) is 16.5 Å². The summed E-state index contributed by atoms with van der Waals surface area (Å²) in [4.78, 5) is 4.02. The zero-order valence-electron chi connectivity index (χ0n) is 9.08. The van der Waals surface area contributed by atoms with E-state index < -0.39 is 0 Å². The van der Waals surface area contributed by atoms with Crippen molar-refractivity contribution in [1.29, 1.82) is 0 Å². The third kappa shape index (κ3) is 2.17. The summed E-state index contributed by atoms with van der Waals surface area (Å²) >= 11 is 1.73. The molecule has 4 heteroatoms. The molecule has 0 spiro atoms. The Morgan fingerprint density at radius 1 is 1.00 bits per heavy atom. The molecule has 2 heterocycles. The van der Waals surface area contributed by atoms with Crippen LogP contribution in [0.3, 0.4) is 0 Å². The second kappa shape index (κ2) is 4.59. The fourth-order valence-electron chi connectivity index (χ4n) is 1.68. The van der Waals surface area contributed by atoms with E-state index >= 15 is 0 Å². The number of hydrogen-bond acceptors (Lipinski definition) is 4. The van der Waals surface area contributed by atoms with Gasteiger partial charge in [-0.1, -0.05) is 42.1 Å². The topological polar surface area (TPSA) is 37.3 Å². The van der Waals surface area contributed by atoms with Crippen molar-refractivity contribution in [2.45, 2.75) is 5.37 Å². The molecule has 3 rings (SSSR count). The Morgan fingerprint density at radius 2 is 1.76 bits per heavy atom. The Bertz CT molecular complexity index is 525. The van der Waals surface area contributed by atoms with E-state index in [4.69, 9.17) is 0 Å². The molecule has 1 aromatic heterocycles. The van der Waals surface area contributed by atoms with Gasteiger partial charge in [0.25, 0.3) is 0 Å². The molecule has 0 saturated heterocycles. The third-order valence-corrected chi connectivity index (χ3v) is 3.71. The van der Waals surface area contributed by atoms with Crippen LogP contribution in [0.25, 0.3) is 0 Å². The maximum Gasteiger partial charge on any atom is 0.126 e. The standard InChI is InChI=1S/C13H11N3S/c1-2-4-10(5-3-1)12-15-16-13(17-12)11-6-8-14-9-7-11/h1-9,13,16H/t13-/m1/s1. The molecule has 0 saturated carbocycles. The molecule has 0 radical (unpaired) electrons. The predicted molar refractivity (Wildman–Crippen MR) is 70.7 cm³/mol. The fourth-order valence-corrected chi connectivity index (χ4v) is 2.68. The van der Waals surface area contributed by atoms with Gasteiger partial charge in [0.15, 0.2) is 0 Å². The van der Waals surface area contributed by atoms with E-state index in [-0.39, 0.29) is 5.37 Å². The van der Waals surface area contributed by atoms with Crippen LogP contribution in [-0.4, -0.2) is 10.0 Å². The van der Waals surface area contributed by atoms with E-state index in [0.717, 1.165) is 10.6 Å². The number of pyridine rings is 1. The van der Waals surface area contributed by atoms with Gasteiger partial charge in [0.2, 0.25) is 0 Å². The molecule has 0 fully saturated rings. The number of nitrogens with zero attached hydrogens (tertiary/aromatic N) is 2. The first-order chi connectivity index (χ1) is 8.43. The molecule has 1 aromatic carbocycles. The molecule has 0 bridgehead atoms. The highest BCUT2D eigenvalue weighted by molar-refractivity contribution is 8.14. The lowest BCUT2D eigenvalue weighted by atomic mass is 10.2. The number of aromatic nitrogens is 1. The second-order valence-corrected chi connectivity index (χ2v) is 4.78. The van der Waals surface area contributed by atoms with Crippen LogP contribution < -0.4 is 5.43 Å². The Morgan fingerprint density at radius 3 is 2.53 bits per heavy atom. The largest absolute Gasteiger partial charge is 0.291 e. The van der Waals surface area contributed by atoms with Gasteiger partial charge in [-0.3, -0.25) is 10.4 Å². The van der Waals surface area contributed by atoms with Gasteiger partial charge in [-0.15, -0.1) is 0 Å². The molecule has 2 aromatic rings. The van der Waals surface area contributed by atoms with Crippen LogP contribution in [0.2, 0.25) is 0 Å². The molecule has 84 valence electrons. The summed E-state index contributed by atoms with van der Waals surface area (Å²) in [6, 6.07) is 14.2. The Balaban J connectivity index is 1.78. The highest BCUT2D eigenvalue weighted by Gasteiger charge is 2.21. The van der Waals surface area contributed by atoms with Gasteiger partial charge in [0.05, 0.1) is 0 Å². The lowest BCUT2D eigenvalue weighted by Crippen LogP contribution is -2.06. The van der Waals surface area contributed by atoms with E-state index in [1.165, 1.54) is 5.56 Å². The summed E-state index contributed by atoms with van der Waals surface area (Å²) in [6.07, 6.45) is 3.61. The predicted octanol–water partition coefficient (Wildman–Crippen LogP) is 2.78. The highest BCUT2D eigenvalue weighted by atomic mass is 32.2. The minimum Gasteiger partial charge on any atom is -0.291 e. The van der Waals surface area contributed by atoms with Crippen molar-refractivity contribution in [3.8, 4) is 0 Å². The second-order valence-electron chi connectivity index (χ2n) is 3.69. The summed E-state index contributed by atoms with van der Waals surface area (Å²) in [5.74, 6) is 0. The first-order valence-corrected chi connectivity index (χ1v) is 6.27. The van der Waals surface area contributed by atoms with Crippen LogP contribution in [-0.2, 0) is 0 Å². The van der Waals surface area contributed by atoms with Gasteiger partial charge in [-0.2, -0.15) is 5.10 Å². The Hall–Kier alpha value is -1.81. The van der Waals surface area contributed by atoms with E-state index in [2.05, 4.69) is 27.6 Å². The number of thioether (sulfide) groups is 1. The van der Waals surface area contributed by atoms with Gasteiger partial charge in [0, 0.05) is 18.0 Å². The number of rotatable bonds is 2. The normalized spacial score (nSPS) is 18.6. The Labute approximate surface area is 104 Å². The van der Waals surface area contributed by atoms with E-state index in [9.17, 15) is 0 Å². The maximum absolute atomic E-state index is 4.37. The smallest absolute Gasteiger partial charge is 0.126 e. The summed E-state index contributed by atoms with van der Waals surface area (Å²) in [6.45, 7) is 0. The molecule has 1 atom stereocenters. The molecule has 1 aliphatic heterocycles. The fraction of sp³-hybridized carbons (Fsp3) is 0.0769. The van der Waals surface area contributed by atoms with Gasteiger partial charge in [-0.05, 0) is 17.7 Å². The number of benzene rings is 1. The van der Waals surface area contributed by atoms with Gasteiger partial charge in [-0.25, -0.2) is 0 Å². The third-order valence-electron chi connectivity index (χ3n) is 2.54. The number of hydrogen-bond donors (Lipinski definition) is 1. The summed E-state index contributed by atoms with van der Waals surface area (Å²) in [7, 11) is 0. The SMILES string of the molecule is c1ccc(C2=NN[C@@H](c3ccncc3)S2)cc1. The van der Waals surface area contributed by atoms with Crippen molar-refractivity contribution in [3.63, 3.8) is 0 Å². The molecule has 0 amide bonds. The van der Waals surface area contributed by atoms with Crippen LogP contribution in [0.15, 0.2) is 60.0 Å². The zero-order valence-corrected chi connectivity index (χ0v) is 9.89. The molecule has 17 heavy (non-hydrogen) atoms. The number of nitrogens with one attached hydrogen (secondary N) is 1. The van der Waals surface area contributed by atoms with Crippen molar-refractivity contribution in [1.82, 2.24) is 10.4 Å². The lowest BCUT2D eigenvalue weighted by Gasteiger charge is -2.08. The quantitative estimate of drug-likeness (QED) is 0.878. The average Bonchev–Trinajstić information content (AvgIpc) is 2.90. The molecule has 0 unspecified atom stereocenters. The molecule has 3 nitrogen and oxygen atoms in total. The summed E-state index contributed by atoms with van der Waals surface area (Å²) < 4.78 is 0. The highest BCUT2D eigenvalue weighted by Crippen LogP contribution is 2.33. The molecule has 1 N–H and O–H groups in total. The first-order valence-electron chi connectivity index (χ1n) is 5.39. The van der Waals surface area contributed by atoms with Crippen molar-refractivity contribution in [3.05, 3.63) is 66.0 Å². The zero-order chi connectivity index (χ0) is 11.5. The average molecular weight is 241 g/mol. The molecular formula is C13H11N3S. The monoisotopic (exact) mass is 241 g/mol. The van der Waals surface area contributed by atoms with Crippen molar-refractivity contribution in [2.24, 2.45) is 5.10 Å². The van der Waals surface area contributed by atoms with Gasteiger partial charge in [0.1, 0.15) is 10.4 Å². The minimum absolute atomic E-state index is 0.188. The molecule has 0 aliphatic carbocycles. The van der Waals surface area contributed by atoms with Crippen LogP contribution in [0, 0.1) is 0 Å².